The number of nitrogens with zero attached hydrogens (tertiary/aromatic N) is 2. The van der Waals surface area contributed by atoms with Gasteiger partial charge in [-0.1, -0.05) is 12.2 Å². The Kier molecular flexibility index (Phi) is 3.02. The van der Waals surface area contributed by atoms with Crippen molar-refractivity contribution in [3.8, 4) is 11.5 Å². The van der Waals surface area contributed by atoms with Gasteiger partial charge in [0, 0.05) is 25.1 Å². The number of rotatable bonds is 3. The van der Waals surface area contributed by atoms with Crippen molar-refractivity contribution in [2.75, 3.05) is 13.2 Å². The van der Waals surface area contributed by atoms with Crippen LogP contribution in [0.25, 0.3) is 11.0 Å². The average molecular weight is 277 g/mol. The third-order valence-electron chi connectivity index (χ3n) is 3.18. The number of fused-ring (bicyclic) bond motifs is 2. The Morgan fingerprint density at radius 1 is 1.37 bits per heavy atom. The number of nitrogens with two attached hydrogens (primary N) is 1. The summed E-state index contributed by atoms with van der Waals surface area (Å²) >= 11 is 4.93. The van der Waals surface area contributed by atoms with Gasteiger partial charge in [0.05, 0.1) is 16.0 Å². The summed E-state index contributed by atoms with van der Waals surface area (Å²) in [5, 5.41) is 0. The summed E-state index contributed by atoms with van der Waals surface area (Å²) < 4.78 is 13.3. The van der Waals surface area contributed by atoms with Crippen LogP contribution >= 0.6 is 12.2 Å². The van der Waals surface area contributed by atoms with Gasteiger partial charge < -0.3 is 19.8 Å². The number of ether oxygens (including phenoxy) is 2. The van der Waals surface area contributed by atoms with E-state index in [0.29, 0.717) is 24.6 Å². The summed E-state index contributed by atoms with van der Waals surface area (Å²) in [6.07, 6.45) is 0.663. The maximum absolute atomic E-state index is 5.60. The highest BCUT2D eigenvalue weighted by molar-refractivity contribution is 7.80. The van der Waals surface area contributed by atoms with Crippen molar-refractivity contribution in [1.82, 2.24) is 9.55 Å². The normalized spacial score (nSPS) is 13.7. The highest BCUT2D eigenvalue weighted by atomic mass is 32.1. The molecule has 0 fully saturated rings. The number of aryl methyl sites for hydroxylation is 2. The molecular weight excluding hydrogens is 262 g/mol. The molecule has 1 aliphatic heterocycles. The van der Waals surface area contributed by atoms with Gasteiger partial charge in [0.1, 0.15) is 19.0 Å². The molecular formula is C13H15N3O2S. The molecule has 2 aromatic rings. The van der Waals surface area contributed by atoms with Crippen molar-refractivity contribution in [2.45, 2.75) is 19.9 Å². The Balaban J connectivity index is 2.06. The van der Waals surface area contributed by atoms with E-state index < -0.39 is 0 Å². The Labute approximate surface area is 116 Å². The summed E-state index contributed by atoms with van der Waals surface area (Å²) in [5.41, 5.74) is 7.50. The fourth-order valence-corrected chi connectivity index (χ4v) is 2.38. The molecule has 5 nitrogen and oxygen atoms in total. The molecule has 19 heavy (non-hydrogen) atoms. The van der Waals surface area contributed by atoms with Gasteiger partial charge in [-0.15, -0.1) is 0 Å². The molecule has 2 heterocycles. The van der Waals surface area contributed by atoms with Crippen molar-refractivity contribution in [2.24, 2.45) is 5.73 Å². The maximum Gasteiger partial charge on any atom is 0.163 e. The van der Waals surface area contributed by atoms with Gasteiger partial charge in [0.2, 0.25) is 0 Å². The van der Waals surface area contributed by atoms with E-state index in [0.717, 1.165) is 34.9 Å². The molecule has 0 unspecified atom stereocenters. The molecule has 0 amide bonds. The lowest BCUT2D eigenvalue weighted by Crippen LogP contribution is -2.15. The lowest BCUT2D eigenvalue weighted by atomic mass is 10.2. The molecule has 0 saturated carbocycles. The van der Waals surface area contributed by atoms with Gasteiger partial charge >= 0.3 is 0 Å². The molecule has 0 bridgehead atoms. The first kappa shape index (κ1) is 12.2. The van der Waals surface area contributed by atoms with E-state index in [-0.39, 0.29) is 0 Å². The van der Waals surface area contributed by atoms with Crippen molar-refractivity contribution in [3.63, 3.8) is 0 Å². The summed E-state index contributed by atoms with van der Waals surface area (Å²) in [5.74, 6) is 2.47. The summed E-state index contributed by atoms with van der Waals surface area (Å²) in [6.45, 7) is 3.87. The van der Waals surface area contributed by atoms with E-state index >= 15 is 0 Å². The van der Waals surface area contributed by atoms with Crippen molar-refractivity contribution in [3.05, 3.63) is 18.0 Å². The number of hydrogen-bond donors (Lipinski definition) is 1. The molecule has 1 aromatic heterocycles. The fraction of sp³-hybridized carbons (Fsp3) is 0.385. The molecule has 0 radical (unpaired) electrons. The van der Waals surface area contributed by atoms with Crippen LogP contribution in [0.4, 0.5) is 0 Å². The second kappa shape index (κ2) is 4.70. The topological polar surface area (TPSA) is 62.3 Å². The minimum Gasteiger partial charge on any atom is -0.486 e. The van der Waals surface area contributed by atoms with E-state index in [4.69, 9.17) is 27.4 Å². The van der Waals surface area contributed by atoms with Crippen LogP contribution in [0.1, 0.15) is 12.2 Å². The van der Waals surface area contributed by atoms with Gasteiger partial charge in [-0.25, -0.2) is 4.98 Å². The van der Waals surface area contributed by atoms with E-state index in [1.807, 2.05) is 19.1 Å². The number of thiocarbonyl (C=S) groups is 1. The summed E-state index contributed by atoms with van der Waals surface area (Å²) in [6, 6.07) is 3.90. The third-order valence-corrected chi connectivity index (χ3v) is 3.39. The van der Waals surface area contributed by atoms with Crippen LogP contribution in [0.5, 0.6) is 11.5 Å². The first-order chi connectivity index (χ1) is 9.15. The van der Waals surface area contributed by atoms with E-state index in [1.165, 1.54) is 0 Å². The largest absolute Gasteiger partial charge is 0.486 e. The second-order valence-corrected chi connectivity index (χ2v) is 5.04. The number of imidazole rings is 1. The molecule has 6 heteroatoms. The average Bonchev–Trinajstić information content (AvgIpc) is 2.68. The first-order valence-electron chi connectivity index (χ1n) is 6.20. The van der Waals surface area contributed by atoms with E-state index in [2.05, 4.69) is 9.55 Å². The van der Waals surface area contributed by atoms with Crippen LogP contribution in [0.15, 0.2) is 12.1 Å². The van der Waals surface area contributed by atoms with Crippen LogP contribution in [-0.2, 0) is 6.54 Å². The molecule has 2 N–H and O–H groups in total. The predicted octanol–water partition coefficient (Wildman–Crippen LogP) is 1.79. The lowest BCUT2D eigenvalue weighted by Gasteiger charge is -2.18. The number of benzene rings is 1. The fourth-order valence-electron chi connectivity index (χ4n) is 2.29. The quantitative estimate of drug-likeness (QED) is 0.867. The van der Waals surface area contributed by atoms with Gasteiger partial charge in [-0.05, 0) is 6.92 Å². The second-order valence-electron chi connectivity index (χ2n) is 4.51. The van der Waals surface area contributed by atoms with Crippen LogP contribution in [0.2, 0.25) is 0 Å². The highest BCUT2D eigenvalue weighted by Gasteiger charge is 2.16. The monoisotopic (exact) mass is 277 g/mol. The van der Waals surface area contributed by atoms with Crippen LogP contribution < -0.4 is 15.2 Å². The smallest absolute Gasteiger partial charge is 0.163 e. The summed E-state index contributed by atoms with van der Waals surface area (Å²) in [7, 11) is 0. The molecule has 0 atom stereocenters. The lowest BCUT2D eigenvalue weighted by molar-refractivity contribution is 0.172. The minimum absolute atomic E-state index is 0.513. The van der Waals surface area contributed by atoms with Crippen LogP contribution in [0.3, 0.4) is 0 Å². The van der Waals surface area contributed by atoms with Crippen molar-refractivity contribution in [1.29, 1.82) is 0 Å². The van der Waals surface area contributed by atoms with E-state index in [9.17, 15) is 0 Å². The minimum atomic E-state index is 0.513. The van der Waals surface area contributed by atoms with Gasteiger partial charge in [0.25, 0.3) is 0 Å². The third kappa shape index (κ3) is 2.23. The van der Waals surface area contributed by atoms with Gasteiger partial charge in [-0.3, -0.25) is 0 Å². The predicted molar refractivity (Wildman–Crippen MR) is 76.9 cm³/mol. The molecule has 1 aliphatic rings. The Bertz CT molecular complexity index is 651. The molecule has 0 aliphatic carbocycles. The zero-order valence-corrected chi connectivity index (χ0v) is 11.5. The molecule has 3 rings (SSSR count). The number of aromatic nitrogens is 2. The summed E-state index contributed by atoms with van der Waals surface area (Å²) in [4.78, 5) is 5.06. The Morgan fingerprint density at radius 3 is 2.74 bits per heavy atom. The zero-order chi connectivity index (χ0) is 13.4. The number of hydrogen-bond acceptors (Lipinski definition) is 4. The highest BCUT2D eigenvalue weighted by Crippen LogP contribution is 2.34. The molecule has 100 valence electrons. The SMILES string of the molecule is Cc1nc2cc3c(cc2n1CCC(N)=S)OCCO3. The first-order valence-corrected chi connectivity index (χ1v) is 6.61. The van der Waals surface area contributed by atoms with Gasteiger partial charge in [-0.2, -0.15) is 0 Å². The maximum atomic E-state index is 5.60. The molecule has 1 aromatic carbocycles. The zero-order valence-electron chi connectivity index (χ0n) is 10.7. The van der Waals surface area contributed by atoms with Crippen LogP contribution in [0, 0.1) is 6.92 Å². The van der Waals surface area contributed by atoms with E-state index in [1.54, 1.807) is 0 Å². The Morgan fingerprint density at radius 2 is 2.05 bits per heavy atom. The van der Waals surface area contributed by atoms with Crippen LogP contribution in [-0.4, -0.2) is 27.8 Å². The molecule has 0 saturated heterocycles. The molecule has 0 spiro atoms. The Hall–Kier alpha value is -1.82. The standard InChI is InChI=1S/C13H15N3O2S/c1-8-15-9-6-11-12(18-5-4-17-11)7-10(9)16(8)3-2-13(14)19/h6-7H,2-5H2,1H3,(H2,14,19). The van der Waals surface area contributed by atoms with Crippen molar-refractivity contribution >= 4 is 28.2 Å². The van der Waals surface area contributed by atoms with Crippen molar-refractivity contribution < 1.29 is 9.47 Å². The van der Waals surface area contributed by atoms with Gasteiger partial charge in [0.15, 0.2) is 11.5 Å².